The highest BCUT2D eigenvalue weighted by Gasteiger charge is 2.08. The average Bonchev–Trinajstić information content (AvgIpc) is 2.29. The van der Waals surface area contributed by atoms with E-state index < -0.39 is 11.1 Å². The summed E-state index contributed by atoms with van der Waals surface area (Å²) >= 11 is 7.18. The minimum absolute atomic E-state index is 0.339. The van der Waals surface area contributed by atoms with Crippen LogP contribution >= 0.6 is 23.4 Å². The summed E-state index contributed by atoms with van der Waals surface area (Å²) in [6, 6.07) is 5.02. The summed E-state index contributed by atoms with van der Waals surface area (Å²) in [5.41, 5.74) is 4.54. The summed E-state index contributed by atoms with van der Waals surface area (Å²) in [6.45, 7) is 0. The van der Waals surface area contributed by atoms with Gasteiger partial charge in [-0.15, -0.1) is 0 Å². The summed E-state index contributed by atoms with van der Waals surface area (Å²) in [6.07, 6.45) is 0. The topological polar surface area (TPSA) is 93.8 Å². The second-order valence-corrected chi connectivity index (χ2v) is 4.91. The van der Waals surface area contributed by atoms with E-state index >= 15 is 0 Å². The zero-order valence-corrected chi connectivity index (χ0v) is 10.9. The van der Waals surface area contributed by atoms with Gasteiger partial charge in [-0.2, -0.15) is 4.98 Å². The smallest absolute Gasteiger partial charge is 0.339 e. The van der Waals surface area contributed by atoms with Crippen LogP contribution in [-0.2, 0) is 7.05 Å². The standard InChI is InChI=1S/C10H9ClN4O2S/c1-15-10(13-8(16)9(17)14-15)18-7-3-2-5(12)4-6(7)11/h2-4H,12H2,1H3,(H,14,17). The van der Waals surface area contributed by atoms with Gasteiger partial charge in [0.1, 0.15) is 0 Å². The molecule has 0 aliphatic carbocycles. The molecule has 0 unspecified atom stereocenters. The molecule has 0 bridgehead atoms. The van der Waals surface area contributed by atoms with Crippen LogP contribution in [0.5, 0.6) is 0 Å². The van der Waals surface area contributed by atoms with Crippen molar-refractivity contribution < 1.29 is 0 Å². The summed E-state index contributed by atoms with van der Waals surface area (Å²) < 4.78 is 1.36. The Labute approximate surface area is 111 Å². The maximum atomic E-state index is 11.2. The van der Waals surface area contributed by atoms with Crippen LogP contribution in [-0.4, -0.2) is 14.8 Å². The minimum atomic E-state index is -0.831. The summed E-state index contributed by atoms with van der Waals surface area (Å²) in [4.78, 5) is 26.6. The molecule has 0 aliphatic rings. The fraction of sp³-hybridized carbons (Fsp3) is 0.100. The van der Waals surface area contributed by atoms with E-state index in [1.165, 1.54) is 16.4 Å². The van der Waals surface area contributed by atoms with Gasteiger partial charge in [0.05, 0.1) is 5.02 Å². The van der Waals surface area contributed by atoms with Gasteiger partial charge in [-0.3, -0.25) is 19.4 Å². The van der Waals surface area contributed by atoms with E-state index in [0.29, 0.717) is 20.8 Å². The third-order valence-corrected chi connectivity index (χ3v) is 3.65. The van der Waals surface area contributed by atoms with Gasteiger partial charge in [0.2, 0.25) is 0 Å². The third-order valence-electron chi connectivity index (χ3n) is 2.10. The molecule has 0 amide bonds. The van der Waals surface area contributed by atoms with Crippen molar-refractivity contribution in [2.75, 3.05) is 5.73 Å². The summed E-state index contributed by atoms with van der Waals surface area (Å²) in [5.74, 6) is 0. The maximum Gasteiger partial charge on any atom is 0.339 e. The Morgan fingerprint density at radius 2 is 2.17 bits per heavy atom. The van der Waals surface area contributed by atoms with E-state index in [-0.39, 0.29) is 0 Å². The van der Waals surface area contributed by atoms with Crippen LogP contribution in [0.25, 0.3) is 0 Å². The number of halogens is 1. The molecule has 6 nitrogen and oxygen atoms in total. The van der Waals surface area contributed by atoms with E-state index in [1.54, 1.807) is 25.2 Å². The molecule has 0 spiro atoms. The minimum Gasteiger partial charge on any atom is -0.399 e. The van der Waals surface area contributed by atoms with Crippen LogP contribution in [0.1, 0.15) is 0 Å². The largest absolute Gasteiger partial charge is 0.399 e. The molecule has 1 aromatic heterocycles. The molecule has 0 aliphatic heterocycles. The number of nitrogens with one attached hydrogen (secondary N) is 1. The van der Waals surface area contributed by atoms with Crippen molar-refractivity contribution in [1.82, 2.24) is 14.8 Å². The van der Waals surface area contributed by atoms with Gasteiger partial charge >= 0.3 is 11.1 Å². The first-order valence-corrected chi connectivity index (χ1v) is 6.07. The van der Waals surface area contributed by atoms with Gasteiger partial charge < -0.3 is 5.73 Å². The summed E-state index contributed by atoms with van der Waals surface area (Å²) in [7, 11) is 1.58. The number of nitrogen functional groups attached to an aromatic ring is 1. The number of hydrogen-bond donors (Lipinski definition) is 2. The average molecular weight is 285 g/mol. The molecule has 18 heavy (non-hydrogen) atoms. The number of aromatic amines is 1. The molecule has 0 radical (unpaired) electrons. The lowest BCUT2D eigenvalue weighted by atomic mass is 10.3. The summed E-state index contributed by atoms with van der Waals surface area (Å²) in [5, 5.41) is 3.15. The van der Waals surface area contributed by atoms with Gasteiger partial charge in [-0.1, -0.05) is 11.6 Å². The number of aromatic nitrogens is 3. The Bertz CT molecular complexity index is 710. The fourth-order valence-electron chi connectivity index (χ4n) is 1.25. The predicted molar refractivity (Wildman–Crippen MR) is 70.1 cm³/mol. The zero-order valence-electron chi connectivity index (χ0n) is 9.31. The monoisotopic (exact) mass is 284 g/mol. The fourth-order valence-corrected chi connectivity index (χ4v) is 2.36. The molecule has 8 heteroatoms. The third kappa shape index (κ3) is 2.57. The van der Waals surface area contributed by atoms with Crippen LogP contribution < -0.4 is 16.9 Å². The van der Waals surface area contributed by atoms with Crippen LogP contribution in [0.3, 0.4) is 0 Å². The molecule has 3 N–H and O–H groups in total. The molecule has 0 fully saturated rings. The molecule has 0 atom stereocenters. The van der Waals surface area contributed by atoms with Crippen LogP contribution in [0.2, 0.25) is 5.02 Å². The van der Waals surface area contributed by atoms with E-state index in [4.69, 9.17) is 17.3 Å². The number of aryl methyl sites for hydroxylation is 1. The number of anilines is 1. The lowest BCUT2D eigenvalue weighted by Crippen LogP contribution is -2.33. The quantitative estimate of drug-likeness (QED) is 0.630. The van der Waals surface area contributed by atoms with Crippen molar-refractivity contribution in [3.63, 3.8) is 0 Å². The Balaban J connectivity index is 2.43. The van der Waals surface area contributed by atoms with Crippen molar-refractivity contribution in [3.8, 4) is 0 Å². The number of H-pyrrole nitrogens is 1. The number of rotatable bonds is 2. The molecule has 2 rings (SSSR count). The zero-order chi connectivity index (χ0) is 13.3. The molecule has 1 heterocycles. The predicted octanol–water partition coefficient (Wildman–Crippen LogP) is 0.855. The second-order valence-electron chi connectivity index (χ2n) is 3.49. The van der Waals surface area contributed by atoms with Gasteiger partial charge in [-0.05, 0) is 30.0 Å². The van der Waals surface area contributed by atoms with Gasteiger partial charge in [0, 0.05) is 17.6 Å². The molecule has 0 saturated carbocycles. The molecule has 94 valence electrons. The highest BCUT2D eigenvalue weighted by molar-refractivity contribution is 7.99. The molecule has 1 aromatic carbocycles. The van der Waals surface area contributed by atoms with Crippen molar-refractivity contribution in [3.05, 3.63) is 43.9 Å². The van der Waals surface area contributed by atoms with Crippen molar-refractivity contribution >= 4 is 29.1 Å². The Morgan fingerprint density at radius 1 is 1.44 bits per heavy atom. The van der Waals surface area contributed by atoms with E-state index in [9.17, 15) is 9.59 Å². The van der Waals surface area contributed by atoms with Crippen LogP contribution in [0.15, 0.2) is 37.8 Å². The maximum absolute atomic E-state index is 11.2. The van der Waals surface area contributed by atoms with Gasteiger partial charge in [0.25, 0.3) is 0 Å². The van der Waals surface area contributed by atoms with Crippen molar-refractivity contribution in [2.45, 2.75) is 10.1 Å². The molecule has 2 aromatic rings. The molecule has 0 saturated heterocycles. The van der Waals surface area contributed by atoms with E-state index in [1.807, 2.05) is 0 Å². The molecular formula is C10H9ClN4O2S. The number of benzene rings is 1. The SMILES string of the molecule is Cn1[nH]c(=O)c(=O)nc1Sc1ccc(N)cc1Cl. The Hall–Kier alpha value is -1.73. The van der Waals surface area contributed by atoms with Gasteiger partial charge in [0.15, 0.2) is 5.16 Å². The van der Waals surface area contributed by atoms with Crippen molar-refractivity contribution in [1.29, 1.82) is 0 Å². The Kier molecular flexibility index (Phi) is 3.44. The van der Waals surface area contributed by atoms with Crippen LogP contribution in [0.4, 0.5) is 5.69 Å². The normalized spacial score (nSPS) is 10.6. The lowest BCUT2D eigenvalue weighted by molar-refractivity contribution is 0.596. The first-order chi connectivity index (χ1) is 8.47. The second kappa shape index (κ2) is 4.87. The van der Waals surface area contributed by atoms with Crippen molar-refractivity contribution in [2.24, 2.45) is 7.05 Å². The van der Waals surface area contributed by atoms with Crippen LogP contribution in [0, 0.1) is 0 Å². The highest BCUT2D eigenvalue weighted by Crippen LogP contribution is 2.32. The van der Waals surface area contributed by atoms with Gasteiger partial charge in [-0.25, -0.2) is 0 Å². The lowest BCUT2D eigenvalue weighted by Gasteiger charge is -2.07. The first kappa shape index (κ1) is 12.7. The van der Waals surface area contributed by atoms with E-state index in [2.05, 4.69) is 10.1 Å². The number of nitrogens with two attached hydrogens (primary N) is 1. The van der Waals surface area contributed by atoms with E-state index in [0.717, 1.165) is 0 Å². The highest BCUT2D eigenvalue weighted by atomic mass is 35.5. The molecular weight excluding hydrogens is 276 g/mol. The number of nitrogens with zero attached hydrogens (tertiary/aromatic N) is 2. The first-order valence-electron chi connectivity index (χ1n) is 4.87. The number of hydrogen-bond acceptors (Lipinski definition) is 5. The Morgan fingerprint density at radius 3 is 2.83 bits per heavy atom.